The van der Waals surface area contributed by atoms with Crippen LogP contribution in [-0.4, -0.2) is 55.4 Å². The van der Waals surface area contributed by atoms with Crippen LogP contribution in [0.4, 0.5) is 0 Å². The lowest BCUT2D eigenvalue weighted by Crippen LogP contribution is -2.37. The summed E-state index contributed by atoms with van der Waals surface area (Å²) in [5.74, 6) is 0.737. The van der Waals surface area contributed by atoms with Gasteiger partial charge in [0.2, 0.25) is 0 Å². The summed E-state index contributed by atoms with van der Waals surface area (Å²) in [6.07, 6.45) is 0.666. The predicted octanol–water partition coefficient (Wildman–Crippen LogP) is 1.38. The summed E-state index contributed by atoms with van der Waals surface area (Å²) in [5.41, 5.74) is 0. The lowest BCUT2D eigenvalue weighted by Gasteiger charge is -2.22. The lowest BCUT2D eigenvalue weighted by atomic mass is 10.3. The summed E-state index contributed by atoms with van der Waals surface area (Å²) in [4.78, 5) is 2.27. The van der Waals surface area contributed by atoms with Crippen LogP contribution in [-0.2, 0) is 0 Å². The molecule has 0 unspecified atom stereocenters. The molecule has 2 rings (SSSR count). The van der Waals surface area contributed by atoms with E-state index in [-0.39, 0.29) is 0 Å². The molecular formula is C14H21ClN2O2. The maximum Gasteiger partial charge on any atom is 0.119 e. The number of nitrogens with zero attached hydrogens (tertiary/aromatic N) is 1. The zero-order valence-electron chi connectivity index (χ0n) is 11.0. The van der Waals surface area contributed by atoms with Crippen molar-refractivity contribution in [3.63, 3.8) is 0 Å². The Bertz CT molecular complexity index is 364. The van der Waals surface area contributed by atoms with E-state index in [1.807, 2.05) is 12.1 Å². The summed E-state index contributed by atoms with van der Waals surface area (Å²) < 4.78 is 5.54. The highest BCUT2D eigenvalue weighted by atomic mass is 35.5. The topological polar surface area (TPSA) is 44.7 Å². The van der Waals surface area contributed by atoms with E-state index >= 15 is 0 Å². The van der Waals surface area contributed by atoms with Crippen molar-refractivity contribution in [3.8, 4) is 5.75 Å². The summed E-state index contributed by atoms with van der Waals surface area (Å²) in [6.45, 7) is 5.04. The molecule has 0 radical (unpaired) electrons. The molecule has 1 saturated heterocycles. The summed E-state index contributed by atoms with van der Waals surface area (Å²) in [7, 11) is 0. The molecule has 0 amide bonds. The van der Waals surface area contributed by atoms with Crippen molar-refractivity contribution in [1.29, 1.82) is 0 Å². The fraction of sp³-hybridized carbons (Fsp3) is 0.571. The van der Waals surface area contributed by atoms with E-state index in [0.717, 1.165) is 38.3 Å². The minimum absolute atomic E-state index is 0.311. The number of nitrogens with one attached hydrogen (secondary N) is 1. The van der Waals surface area contributed by atoms with Gasteiger partial charge in [-0.1, -0.05) is 11.6 Å². The van der Waals surface area contributed by atoms with Gasteiger partial charge in [0.1, 0.15) is 18.5 Å². The Balaban J connectivity index is 1.71. The molecule has 0 bridgehead atoms. The van der Waals surface area contributed by atoms with Crippen LogP contribution in [0, 0.1) is 0 Å². The number of hydrogen-bond donors (Lipinski definition) is 2. The Labute approximate surface area is 119 Å². The first-order valence-corrected chi connectivity index (χ1v) is 7.11. The van der Waals surface area contributed by atoms with Crippen LogP contribution >= 0.6 is 11.6 Å². The van der Waals surface area contributed by atoms with E-state index in [2.05, 4.69) is 10.2 Å². The molecule has 1 aliphatic heterocycles. The van der Waals surface area contributed by atoms with E-state index in [4.69, 9.17) is 16.3 Å². The number of benzene rings is 1. The van der Waals surface area contributed by atoms with E-state index in [0.29, 0.717) is 18.2 Å². The number of aliphatic hydroxyl groups excluding tert-OH is 1. The van der Waals surface area contributed by atoms with Gasteiger partial charge in [0, 0.05) is 24.7 Å². The lowest BCUT2D eigenvalue weighted by molar-refractivity contribution is 0.0703. The minimum Gasteiger partial charge on any atom is -0.491 e. The monoisotopic (exact) mass is 284 g/mol. The van der Waals surface area contributed by atoms with E-state index in [1.165, 1.54) is 0 Å². The number of rotatable bonds is 5. The number of halogens is 1. The summed E-state index contributed by atoms with van der Waals surface area (Å²) in [5, 5.41) is 14.0. The first-order chi connectivity index (χ1) is 9.24. The average Bonchev–Trinajstić information content (AvgIpc) is 2.67. The molecule has 1 fully saturated rings. The standard InChI is InChI=1S/C14H21ClN2O2/c15-12-2-4-14(5-3-12)19-11-13(18)10-17-8-1-6-16-7-9-17/h2-5,13,16,18H,1,6-11H2/t13-/m1/s1. The van der Waals surface area contributed by atoms with Crippen LogP contribution in [0.2, 0.25) is 5.02 Å². The van der Waals surface area contributed by atoms with Crippen molar-refractivity contribution in [1.82, 2.24) is 10.2 Å². The zero-order valence-corrected chi connectivity index (χ0v) is 11.8. The highest BCUT2D eigenvalue weighted by molar-refractivity contribution is 6.30. The zero-order chi connectivity index (χ0) is 13.5. The van der Waals surface area contributed by atoms with Crippen molar-refractivity contribution in [2.24, 2.45) is 0 Å². The first-order valence-electron chi connectivity index (χ1n) is 6.73. The van der Waals surface area contributed by atoms with Crippen LogP contribution in [0.25, 0.3) is 0 Å². The Morgan fingerprint density at radius 1 is 1.26 bits per heavy atom. The molecule has 19 heavy (non-hydrogen) atoms. The highest BCUT2D eigenvalue weighted by Gasteiger charge is 2.13. The smallest absolute Gasteiger partial charge is 0.119 e. The van der Waals surface area contributed by atoms with Gasteiger partial charge in [0.15, 0.2) is 0 Å². The number of β-amino-alcohol motifs (C(OH)–C–C–N with tert-alkyl or cyclic N) is 1. The molecule has 0 aromatic heterocycles. The summed E-state index contributed by atoms with van der Waals surface area (Å²) >= 11 is 5.80. The maximum atomic E-state index is 10.00. The van der Waals surface area contributed by atoms with Gasteiger partial charge in [-0.15, -0.1) is 0 Å². The largest absolute Gasteiger partial charge is 0.491 e. The Kier molecular flexibility index (Phi) is 5.92. The Morgan fingerprint density at radius 2 is 2.05 bits per heavy atom. The molecular weight excluding hydrogens is 264 g/mol. The van der Waals surface area contributed by atoms with Crippen molar-refractivity contribution < 1.29 is 9.84 Å². The van der Waals surface area contributed by atoms with E-state index in [9.17, 15) is 5.11 Å². The third-order valence-electron chi connectivity index (χ3n) is 3.16. The second kappa shape index (κ2) is 7.70. The molecule has 1 atom stereocenters. The number of aliphatic hydroxyl groups is 1. The molecule has 106 valence electrons. The second-order valence-electron chi connectivity index (χ2n) is 4.82. The SMILES string of the molecule is O[C@@H](COc1ccc(Cl)cc1)CN1CCCNCC1. The molecule has 1 aromatic rings. The van der Waals surface area contributed by atoms with Crippen LogP contribution < -0.4 is 10.1 Å². The van der Waals surface area contributed by atoms with Crippen LogP contribution in [0.3, 0.4) is 0 Å². The fourth-order valence-electron chi connectivity index (χ4n) is 2.16. The van der Waals surface area contributed by atoms with Crippen molar-refractivity contribution >= 4 is 11.6 Å². The quantitative estimate of drug-likeness (QED) is 0.857. The molecule has 0 saturated carbocycles. The molecule has 2 N–H and O–H groups in total. The molecule has 4 nitrogen and oxygen atoms in total. The molecule has 5 heteroatoms. The van der Waals surface area contributed by atoms with Gasteiger partial charge in [-0.3, -0.25) is 4.90 Å². The second-order valence-corrected chi connectivity index (χ2v) is 5.26. The van der Waals surface area contributed by atoms with Gasteiger partial charge < -0.3 is 15.2 Å². The van der Waals surface area contributed by atoms with Crippen LogP contribution in [0.5, 0.6) is 5.75 Å². The fourth-order valence-corrected chi connectivity index (χ4v) is 2.28. The third kappa shape index (κ3) is 5.37. The van der Waals surface area contributed by atoms with E-state index in [1.54, 1.807) is 12.1 Å². The van der Waals surface area contributed by atoms with Gasteiger partial charge in [-0.25, -0.2) is 0 Å². The van der Waals surface area contributed by atoms with Gasteiger partial charge >= 0.3 is 0 Å². The van der Waals surface area contributed by atoms with Crippen LogP contribution in [0.1, 0.15) is 6.42 Å². The highest BCUT2D eigenvalue weighted by Crippen LogP contribution is 2.15. The first kappa shape index (κ1) is 14.6. The minimum atomic E-state index is -0.464. The molecule has 1 heterocycles. The van der Waals surface area contributed by atoms with Gasteiger partial charge in [-0.05, 0) is 43.8 Å². The van der Waals surface area contributed by atoms with E-state index < -0.39 is 6.10 Å². The Hall–Kier alpha value is -0.810. The molecule has 1 aliphatic rings. The van der Waals surface area contributed by atoms with Crippen molar-refractivity contribution in [2.45, 2.75) is 12.5 Å². The maximum absolute atomic E-state index is 10.00. The number of hydrogen-bond acceptors (Lipinski definition) is 4. The van der Waals surface area contributed by atoms with Crippen molar-refractivity contribution in [2.75, 3.05) is 39.3 Å². The third-order valence-corrected chi connectivity index (χ3v) is 3.41. The average molecular weight is 285 g/mol. The van der Waals surface area contributed by atoms with Crippen molar-refractivity contribution in [3.05, 3.63) is 29.3 Å². The number of ether oxygens (including phenoxy) is 1. The van der Waals surface area contributed by atoms with Gasteiger partial charge in [-0.2, -0.15) is 0 Å². The molecule has 1 aromatic carbocycles. The van der Waals surface area contributed by atoms with Gasteiger partial charge in [0.05, 0.1) is 0 Å². The van der Waals surface area contributed by atoms with Crippen LogP contribution in [0.15, 0.2) is 24.3 Å². The van der Waals surface area contributed by atoms with Gasteiger partial charge in [0.25, 0.3) is 0 Å². The normalized spacial score (nSPS) is 18.8. The molecule has 0 aliphatic carbocycles. The Morgan fingerprint density at radius 3 is 2.84 bits per heavy atom. The predicted molar refractivity (Wildman–Crippen MR) is 76.9 cm³/mol. The summed E-state index contributed by atoms with van der Waals surface area (Å²) in [6, 6.07) is 7.18. The molecule has 0 spiro atoms.